The first kappa shape index (κ1) is 20.5. The lowest BCUT2D eigenvalue weighted by Gasteiger charge is -2.14. The van der Waals surface area contributed by atoms with Gasteiger partial charge >= 0.3 is 0 Å². The van der Waals surface area contributed by atoms with Gasteiger partial charge < -0.3 is 14.6 Å². The van der Waals surface area contributed by atoms with Gasteiger partial charge in [0.15, 0.2) is 17.3 Å². The maximum Gasteiger partial charge on any atom is 0.274 e. The molecule has 1 atom stereocenters. The minimum absolute atomic E-state index is 0.0532. The fourth-order valence-corrected chi connectivity index (χ4v) is 3.03. The van der Waals surface area contributed by atoms with E-state index in [0.29, 0.717) is 11.3 Å². The molecule has 1 unspecified atom stereocenters. The van der Waals surface area contributed by atoms with E-state index in [2.05, 4.69) is 15.6 Å². The van der Waals surface area contributed by atoms with Gasteiger partial charge in [0.05, 0.1) is 17.8 Å². The smallest absolute Gasteiger partial charge is 0.274 e. The van der Waals surface area contributed by atoms with Crippen LogP contribution >= 0.6 is 0 Å². The number of carbonyl (C=O) groups excluding carboxylic acids is 1. The molecule has 0 bridgehead atoms. The third-order valence-corrected chi connectivity index (χ3v) is 4.72. The van der Waals surface area contributed by atoms with Gasteiger partial charge in [-0.05, 0) is 39.8 Å². The maximum absolute atomic E-state index is 13.8. The lowest BCUT2D eigenvalue weighted by molar-refractivity contribution is 0.0928. The molecule has 3 aromatic rings. The fourth-order valence-electron chi connectivity index (χ4n) is 3.03. The average Bonchev–Trinajstić information content (AvgIpc) is 3.23. The summed E-state index contributed by atoms with van der Waals surface area (Å²) in [5.41, 5.74) is 2.30. The molecule has 1 aromatic carbocycles. The lowest BCUT2D eigenvalue weighted by atomic mass is 10.1. The Morgan fingerprint density at radius 2 is 2.10 bits per heavy atom. The van der Waals surface area contributed by atoms with E-state index in [1.807, 2.05) is 25.5 Å². The topological polar surface area (TPSA) is 82.2 Å². The zero-order valence-electron chi connectivity index (χ0n) is 16.6. The predicted octanol–water partition coefficient (Wildman–Crippen LogP) is 3.86. The fraction of sp³-hybridized carbons (Fsp3) is 0.350. The molecule has 2 aromatic heterocycles. The number of nitrogens with one attached hydrogen (secondary N) is 1. The van der Waals surface area contributed by atoms with Crippen LogP contribution in [0.4, 0.5) is 8.78 Å². The van der Waals surface area contributed by atoms with Gasteiger partial charge in [0.25, 0.3) is 5.91 Å². The van der Waals surface area contributed by atoms with Crippen molar-refractivity contribution in [2.75, 3.05) is 0 Å². The standard InChI is InChI=1S/C20H22F2N4O3/c1-5-26-12(3)15(9-23-26)11(2)24-20(27)19-16(13(4)29-25-19)10-28-18-7-6-14(21)8-17(18)22/h6-9,11H,5,10H2,1-4H3,(H,24,27). The summed E-state index contributed by atoms with van der Waals surface area (Å²) in [5, 5.41) is 11.0. The molecule has 0 aliphatic carbocycles. The minimum atomic E-state index is -0.831. The highest BCUT2D eigenvalue weighted by Gasteiger charge is 2.23. The van der Waals surface area contributed by atoms with Crippen molar-refractivity contribution in [1.82, 2.24) is 20.3 Å². The number of nitrogens with zero attached hydrogens (tertiary/aromatic N) is 3. The molecule has 9 heteroatoms. The van der Waals surface area contributed by atoms with E-state index in [0.717, 1.165) is 29.9 Å². The SMILES string of the molecule is CCn1ncc(C(C)NC(=O)c2noc(C)c2COc2ccc(F)cc2F)c1C. The van der Waals surface area contributed by atoms with Crippen LogP contribution in [-0.4, -0.2) is 20.8 Å². The molecule has 0 aliphatic heterocycles. The van der Waals surface area contributed by atoms with Gasteiger partial charge in [-0.15, -0.1) is 0 Å². The largest absolute Gasteiger partial charge is 0.486 e. The van der Waals surface area contributed by atoms with Crippen molar-refractivity contribution < 1.29 is 22.8 Å². The molecule has 0 radical (unpaired) electrons. The Kier molecular flexibility index (Phi) is 5.95. The van der Waals surface area contributed by atoms with E-state index in [9.17, 15) is 13.6 Å². The van der Waals surface area contributed by atoms with Crippen LogP contribution in [-0.2, 0) is 13.2 Å². The Bertz CT molecular complexity index is 1030. The highest BCUT2D eigenvalue weighted by molar-refractivity contribution is 5.94. The normalized spacial score (nSPS) is 12.1. The van der Waals surface area contributed by atoms with Gasteiger partial charge in [-0.3, -0.25) is 9.48 Å². The van der Waals surface area contributed by atoms with E-state index >= 15 is 0 Å². The van der Waals surface area contributed by atoms with Crippen LogP contribution in [0.25, 0.3) is 0 Å². The molecule has 1 amide bonds. The summed E-state index contributed by atoms with van der Waals surface area (Å²) in [6.45, 7) is 7.98. The average molecular weight is 404 g/mol. The van der Waals surface area contributed by atoms with Crippen LogP contribution < -0.4 is 10.1 Å². The van der Waals surface area contributed by atoms with E-state index in [1.165, 1.54) is 6.07 Å². The van der Waals surface area contributed by atoms with Crippen LogP contribution in [0.15, 0.2) is 28.9 Å². The van der Waals surface area contributed by atoms with Crippen LogP contribution in [0.1, 0.15) is 53.0 Å². The molecule has 7 nitrogen and oxygen atoms in total. The summed E-state index contributed by atoms with van der Waals surface area (Å²) in [5.74, 6) is -1.74. The Balaban J connectivity index is 1.74. The van der Waals surface area contributed by atoms with E-state index in [1.54, 1.807) is 13.1 Å². The number of hydrogen-bond donors (Lipinski definition) is 1. The first-order chi connectivity index (χ1) is 13.8. The number of halogens is 2. The molecule has 0 aliphatic rings. The molecule has 0 spiro atoms. The summed E-state index contributed by atoms with van der Waals surface area (Å²) < 4.78 is 39.2. The zero-order chi connectivity index (χ0) is 21.1. The number of rotatable bonds is 7. The van der Waals surface area contributed by atoms with Gasteiger partial charge in [-0.2, -0.15) is 5.10 Å². The first-order valence-electron chi connectivity index (χ1n) is 9.18. The molecule has 0 saturated heterocycles. The van der Waals surface area contributed by atoms with Crippen LogP contribution in [0.5, 0.6) is 5.75 Å². The molecular weight excluding hydrogens is 382 g/mol. The van der Waals surface area contributed by atoms with Gasteiger partial charge in [0.1, 0.15) is 18.2 Å². The van der Waals surface area contributed by atoms with Gasteiger partial charge in [0.2, 0.25) is 0 Å². The summed E-state index contributed by atoms with van der Waals surface area (Å²) in [4.78, 5) is 12.7. The quantitative estimate of drug-likeness (QED) is 0.647. The number of hydrogen-bond acceptors (Lipinski definition) is 5. The third-order valence-electron chi connectivity index (χ3n) is 4.72. The molecular formula is C20H22F2N4O3. The summed E-state index contributed by atoms with van der Waals surface area (Å²) >= 11 is 0. The lowest BCUT2D eigenvalue weighted by Crippen LogP contribution is -2.28. The van der Waals surface area contributed by atoms with Crippen molar-refractivity contribution in [3.05, 3.63) is 64.3 Å². The van der Waals surface area contributed by atoms with Crippen molar-refractivity contribution in [2.24, 2.45) is 0 Å². The summed E-state index contributed by atoms with van der Waals surface area (Å²) in [6.07, 6.45) is 1.72. The Morgan fingerprint density at radius 3 is 2.76 bits per heavy atom. The second-order valence-electron chi connectivity index (χ2n) is 6.63. The molecule has 154 valence electrons. The van der Waals surface area contributed by atoms with Gasteiger partial charge in [-0.25, -0.2) is 8.78 Å². The van der Waals surface area contributed by atoms with Crippen molar-refractivity contribution in [1.29, 1.82) is 0 Å². The van der Waals surface area contributed by atoms with Crippen molar-refractivity contribution in [3.63, 3.8) is 0 Å². The van der Waals surface area contributed by atoms with E-state index < -0.39 is 17.5 Å². The highest BCUT2D eigenvalue weighted by Crippen LogP contribution is 2.22. The summed E-state index contributed by atoms with van der Waals surface area (Å²) in [7, 11) is 0. The number of benzene rings is 1. The molecule has 2 heterocycles. The number of aromatic nitrogens is 3. The van der Waals surface area contributed by atoms with E-state index in [-0.39, 0.29) is 24.1 Å². The number of ether oxygens (including phenoxy) is 1. The van der Waals surface area contributed by atoms with E-state index in [4.69, 9.17) is 9.26 Å². The second kappa shape index (κ2) is 8.42. The maximum atomic E-state index is 13.8. The van der Waals surface area contributed by atoms with Gasteiger partial charge in [0, 0.05) is 23.9 Å². The second-order valence-corrected chi connectivity index (χ2v) is 6.63. The first-order valence-corrected chi connectivity index (χ1v) is 9.18. The molecule has 29 heavy (non-hydrogen) atoms. The van der Waals surface area contributed by atoms with Crippen molar-refractivity contribution >= 4 is 5.91 Å². The molecule has 0 saturated carbocycles. The third kappa shape index (κ3) is 4.28. The number of amides is 1. The molecule has 0 fully saturated rings. The van der Waals surface area contributed by atoms with Crippen molar-refractivity contribution in [3.8, 4) is 5.75 Å². The Morgan fingerprint density at radius 1 is 1.34 bits per heavy atom. The Hall–Kier alpha value is -3.23. The Labute approximate surface area is 166 Å². The monoisotopic (exact) mass is 404 g/mol. The molecule has 1 N–H and O–H groups in total. The van der Waals surface area contributed by atoms with Crippen molar-refractivity contribution in [2.45, 2.75) is 46.9 Å². The minimum Gasteiger partial charge on any atom is -0.486 e. The predicted molar refractivity (Wildman–Crippen MR) is 100 cm³/mol. The number of aryl methyl sites for hydroxylation is 2. The van der Waals surface area contributed by atoms with Crippen LogP contribution in [0, 0.1) is 25.5 Å². The molecule has 3 rings (SSSR count). The van der Waals surface area contributed by atoms with Crippen LogP contribution in [0.3, 0.4) is 0 Å². The summed E-state index contributed by atoms with van der Waals surface area (Å²) in [6, 6.07) is 2.70. The zero-order valence-corrected chi connectivity index (χ0v) is 16.6. The highest BCUT2D eigenvalue weighted by atomic mass is 19.1. The number of carbonyl (C=O) groups is 1. The van der Waals surface area contributed by atoms with Crippen LogP contribution in [0.2, 0.25) is 0 Å². The van der Waals surface area contributed by atoms with Gasteiger partial charge in [-0.1, -0.05) is 5.16 Å².